The minimum atomic E-state index is -0.657. The Hall–Kier alpha value is -4.34. The minimum absolute atomic E-state index is 0.0474. The number of amides is 3. The fraction of sp³-hybridized carbons (Fsp3) is 0.250. The fourth-order valence-corrected chi connectivity index (χ4v) is 4.31. The van der Waals surface area contributed by atoms with Gasteiger partial charge < -0.3 is 19.9 Å². The summed E-state index contributed by atoms with van der Waals surface area (Å²) in [5, 5.41) is 9.87. The van der Waals surface area contributed by atoms with Crippen molar-refractivity contribution < 1.29 is 19.1 Å². The van der Waals surface area contributed by atoms with Crippen LogP contribution < -0.4 is 15.5 Å². The maximum absolute atomic E-state index is 12.9. The van der Waals surface area contributed by atoms with Crippen LogP contribution in [0, 0.1) is 0 Å². The van der Waals surface area contributed by atoms with Gasteiger partial charge in [0.05, 0.1) is 24.9 Å². The van der Waals surface area contributed by atoms with Crippen LogP contribution in [0.15, 0.2) is 48.5 Å². The van der Waals surface area contributed by atoms with Crippen molar-refractivity contribution in [3.05, 3.63) is 65.2 Å². The summed E-state index contributed by atoms with van der Waals surface area (Å²) in [7, 11) is 3.08. The lowest BCUT2D eigenvalue weighted by atomic mass is 9.98. The van der Waals surface area contributed by atoms with Crippen LogP contribution >= 0.6 is 0 Å². The van der Waals surface area contributed by atoms with Gasteiger partial charge in [0, 0.05) is 37.5 Å². The van der Waals surface area contributed by atoms with Crippen LogP contribution in [0.1, 0.15) is 26.3 Å². The second-order valence-electron chi connectivity index (χ2n) is 8.20. The normalized spacial score (nSPS) is 14.5. The van der Waals surface area contributed by atoms with Crippen molar-refractivity contribution in [2.45, 2.75) is 13.0 Å². The molecule has 2 aromatic carbocycles. The van der Waals surface area contributed by atoms with Gasteiger partial charge in [0.15, 0.2) is 5.82 Å². The molecule has 1 aromatic heterocycles. The van der Waals surface area contributed by atoms with Crippen molar-refractivity contribution >= 4 is 40.9 Å². The maximum Gasteiger partial charge on any atom is 0.411 e. The van der Waals surface area contributed by atoms with E-state index in [0.717, 1.165) is 35.6 Å². The molecular formula is C24H24N6O4. The molecule has 0 saturated heterocycles. The summed E-state index contributed by atoms with van der Waals surface area (Å²) in [5.41, 5.74) is 3.41. The lowest BCUT2D eigenvalue weighted by molar-refractivity contribution is 0.0780. The van der Waals surface area contributed by atoms with E-state index in [1.165, 1.54) is 7.11 Å². The van der Waals surface area contributed by atoms with E-state index in [1.54, 1.807) is 29.2 Å². The van der Waals surface area contributed by atoms with Crippen LogP contribution in [0.25, 0.3) is 0 Å². The summed E-state index contributed by atoms with van der Waals surface area (Å²) >= 11 is 0. The van der Waals surface area contributed by atoms with Gasteiger partial charge in [0.2, 0.25) is 0 Å². The molecule has 0 fully saturated rings. The van der Waals surface area contributed by atoms with Crippen molar-refractivity contribution in [3.63, 3.8) is 0 Å². The lowest BCUT2D eigenvalue weighted by Gasteiger charge is -2.26. The third-order valence-electron chi connectivity index (χ3n) is 6.10. The third kappa shape index (κ3) is 3.83. The van der Waals surface area contributed by atoms with Crippen molar-refractivity contribution in [1.82, 2.24) is 14.7 Å². The first-order valence-corrected chi connectivity index (χ1v) is 10.9. The summed E-state index contributed by atoms with van der Waals surface area (Å²) in [6.07, 6.45) is 0.161. The van der Waals surface area contributed by atoms with Gasteiger partial charge in [-0.2, -0.15) is 5.10 Å². The Labute approximate surface area is 196 Å². The van der Waals surface area contributed by atoms with Gasteiger partial charge in [0.25, 0.3) is 11.8 Å². The molecule has 0 bridgehead atoms. The quantitative estimate of drug-likeness (QED) is 0.619. The third-order valence-corrected chi connectivity index (χ3v) is 6.10. The van der Waals surface area contributed by atoms with Crippen molar-refractivity contribution in [2.75, 3.05) is 42.8 Å². The Kier molecular flexibility index (Phi) is 5.40. The van der Waals surface area contributed by atoms with Gasteiger partial charge in [-0.1, -0.05) is 12.1 Å². The summed E-state index contributed by atoms with van der Waals surface area (Å²) in [6.45, 7) is 2.12. The number of nitrogens with zero attached hydrogens (tertiary/aromatic N) is 4. The molecule has 5 rings (SSSR count). The van der Waals surface area contributed by atoms with Gasteiger partial charge in [-0.3, -0.25) is 14.9 Å². The first-order chi connectivity index (χ1) is 16.4. The van der Waals surface area contributed by atoms with Crippen molar-refractivity contribution in [2.24, 2.45) is 0 Å². The molecule has 3 amide bonds. The number of hydrogen-bond donors (Lipinski definition) is 2. The molecule has 10 heteroatoms. The van der Waals surface area contributed by atoms with E-state index in [1.807, 2.05) is 29.9 Å². The second kappa shape index (κ2) is 8.54. The monoisotopic (exact) mass is 460 g/mol. The molecule has 0 atom stereocenters. The molecular weight excluding hydrogens is 436 g/mol. The van der Waals surface area contributed by atoms with Crippen LogP contribution in [0.3, 0.4) is 0 Å². The van der Waals surface area contributed by atoms with Gasteiger partial charge >= 0.3 is 6.09 Å². The van der Waals surface area contributed by atoms with Crippen LogP contribution in [0.5, 0.6) is 0 Å². The molecule has 2 N–H and O–H groups in total. The molecule has 0 radical (unpaired) electrons. The van der Waals surface area contributed by atoms with E-state index in [-0.39, 0.29) is 5.91 Å². The molecule has 3 heterocycles. The molecule has 10 nitrogen and oxygen atoms in total. The smallest absolute Gasteiger partial charge is 0.411 e. The first kappa shape index (κ1) is 21.5. The van der Waals surface area contributed by atoms with Crippen LogP contribution in [0.4, 0.5) is 27.8 Å². The molecule has 174 valence electrons. The van der Waals surface area contributed by atoms with Gasteiger partial charge in [-0.15, -0.1) is 0 Å². The van der Waals surface area contributed by atoms with E-state index >= 15 is 0 Å². The second-order valence-corrected chi connectivity index (χ2v) is 8.20. The standard InChI is InChI=1S/C24H24N6O4/c1-28-10-9-15-13-16(7-8-17(15)23(28)32)29-11-12-30-21(29)14-20(27-30)26-22(31)18-5-3-4-6-19(18)25-24(33)34-2/h3-8,13-14H,9-12H2,1-2H3,(H,25,33)(H,26,27,31). The summed E-state index contributed by atoms with van der Waals surface area (Å²) < 4.78 is 6.46. The number of ether oxygens (including phenoxy) is 1. The Balaban J connectivity index is 1.36. The number of nitrogens with one attached hydrogen (secondary N) is 2. The fourth-order valence-electron chi connectivity index (χ4n) is 4.31. The number of aromatic nitrogens is 2. The first-order valence-electron chi connectivity index (χ1n) is 10.9. The Morgan fingerprint density at radius 2 is 1.85 bits per heavy atom. The molecule has 2 aliphatic rings. The highest BCUT2D eigenvalue weighted by molar-refractivity contribution is 6.09. The zero-order valence-electron chi connectivity index (χ0n) is 18.9. The van der Waals surface area contributed by atoms with E-state index < -0.39 is 12.0 Å². The number of likely N-dealkylation sites (N-methyl/N-ethyl adjacent to an activating group) is 1. The number of hydrogen-bond acceptors (Lipinski definition) is 6. The Morgan fingerprint density at radius 3 is 2.68 bits per heavy atom. The predicted molar refractivity (Wildman–Crippen MR) is 127 cm³/mol. The highest BCUT2D eigenvalue weighted by Crippen LogP contribution is 2.34. The Bertz CT molecular complexity index is 1300. The van der Waals surface area contributed by atoms with E-state index in [0.29, 0.717) is 30.2 Å². The molecule has 0 aliphatic carbocycles. The number of fused-ring (bicyclic) bond motifs is 2. The number of carbonyl (C=O) groups is 3. The highest BCUT2D eigenvalue weighted by Gasteiger charge is 2.27. The largest absolute Gasteiger partial charge is 0.453 e. The molecule has 3 aromatic rings. The van der Waals surface area contributed by atoms with Crippen molar-refractivity contribution in [3.8, 4) is 0 Å². The van der Waals surface area contributed by atoms with Crippen molar-refractivity contribution in [1.29, 1.82) is 0 Å². The van der Waals surface area contributed by atoms with Gasteiger partial charge in [-0.05, 0) is 42.3 Å². The number of carbonyl (C=O) groups excluding carboxylic acids is 3. The zero-order chi connectivity index (χ0) is 23.8. The van der Waals surface area contributed by atoms with E-state index in [4.69, 9.17) is 0 Å². The van der Waals surface area contributed by atoms with E-state index in [9.17, 15) is 14.4 Å². The lowest BCUT2D eigenvalue weighted by Crippen LogP contribution is -2.34. The number of benzene rings is 2. The van der Waals surface area contributed by atoms with Crippen LogP contribution in [-0.4, -0.2) is 59.8 Å². The average molecular weight is 460 g/mol. The van der Waals surface area contributed by atoms with Gasteiger partial charge in [-0.25, -0.2) is 9.48 Å². The van der Waals surface area contributed by atoms with Crippen LogP contribution in [0.2, 0.25) is 0 Å². The molecule has 0 spiro atoms. The number of methoxy groups -OCH3 is 1. The average Bonchev–Trinajstić information content (AvgIpc) is 3.41. The maximum atomic E-state index is 12.9. The van der Waals surface area contributed by atoms with Crippen LogP contribution in [-0.2, 0) is 17.7 Å². The number of anilines is 4. The molecule has 2 aliphatic heterocycles. The van der Waals surface area contributed by atoms with E-state index in [2.05, 4.69) is 31.4 Å². The zero-order valence-corrected chi connectivity index (χ0v) is 18.9. The SMILES string of the molecule is COC(=O)Nc1ccccc1C(=O)Nc1cc2n(n1)CCN2c1ccc2c(c1)CCN(C)C2=O. The number of rotatable bonds is 4. The highest BCUT2D eigenvalue weighted by atomic mass is 16.5. The summed E-state index contributed by atoms with van der Waals surface area (Å²) in [4.78, 5) is 40.8. The Morgan fingerprint density at radius 1 is 1.03 bits per heavy atom. The van der Waals surface area contributed by atoms with Gasteiger partial charge in [0.1, 0.15) is 5.82 Å². The minimum Gasteiger partial charge on any atom is -0.453 e. The summed E-state index contributed by atoms with van der Waals surface area (Å²) in [6, 6.07) is 14.4. The number of para-hydroxylation sites is 1. The molecule has 34 heavy (non-hydrogen) atoms. The predicted octanol–water partition coefficient (Wildman–Crippen LogP) is 3.09. The molecule has 0 saturated carbocycles. The molecule has 0 unspecified atom stereocenters. The summed E-state index contributed by atoms with van der Waals surface area (Å²) in [5.74, 6) is 0.917. The topological polar surface area (TPSA) is 109 Å².